The number of benzene rings is 2. The van der Waals surface area contributed by atoms with Gasteiger partial charge in [0.05, 0.1) is 31.5 Å². The van der Waals surface area contributed by atoms with Crippen molar-refractivity contribution in [2.75, 3.05) is 31.4 Å². The molecule has 0 atom stereocenters. The average molecular weight is 345 g/mol. The highest BCUT2D eigenvalue weighted by molar-refractivity contribution is 6.32. The Morgan fingerprint density at radius 1 is 1.21 bits per heavy atom. The van der Waals surface area contributed by atoms with Gasteiger partial charge in [0.2, 0.25) is 5.91 Å². The van der Waals surface area contributed by atoms with E-state index in [2.05, 4.69) is 16.6 Å². The van der Waals surface area contributed by atoms with Crippen molar-refractivity contribution in [2.45, 2.75) is 0 Å². The molecule has 2 aromatic carbocycles. The maximum absolute atomic E-state index is 12.1. The SMILES string of the molecule is C#Cc1cccc(NCC(=O)Nc2cc(OC)c(Cl)cc2OC)c1. The molecule has 1 amide bonds. The van der Waals surface area contributed by atoms with Crippen LogP contribution in [0.2, 0.25) is 5.02 Å². The number of carbonyl (C=O) groups is 1. The lowest BCUT2D eigenvalue weighted by Gasteiger charge is -2.13. The van der Waals surface area contributed by atoms with E-state index in [0.717, 1.165) is 11.3 Å². The van der Waals surface area contributed by atoms with E-state index >= 15 is 0 Å². The summed E-state index contributed by atoms with van der Waals surface area (Å²) in [4.78, 5) is 12.1. The zero-order valence-electron chi connectivity index (χ0n) is 13.4. The van der Waals surface area contributed by atoms with Gasteiger partial charge in [-0.3, -0.25) is 4.79 Å². The predicted molar refractivity (Wildman–Crippen MR) is 96.1 cm³/mol. The Labute approximate surface area is 145 Å². The molecule has 0 saturated heterocycles. The third kappa shape index (κ3) is 4.34. The van der Waals surface area contributed by atoms with Crippen LogP contribution in [0.25, 0.3) is 0 Å². The van der Waals surface area contributed by atoms with Crippen molar-refractivity contribution >= 4 is 28.9 Å². The fraction of sp³-hybridized carbons (Fsp3) is 0.167. The normalized spacial score (nSPS) is 9.75. The van der Waals surface area contributed by atoms with Gasteiger partial charge in [0, 0.05) is 23.4 Å². The summed E-state index contributed by atoms with van der Waals surface area (Å²) in [7, 11) is 3.00. The summed E-state index contributed by atoms with van der Waals surface area (Å²) in [6.07, 6.45) is 5.35. The van der Waals surface area contributed by atoms with Crippen LogP contribution in [-0.2, 0) is 4.79 Å². The molecular weight excluding hydrogens is 328 g/mol. The fourth-order valence-electron chi connectivity index (χ4n) is 2.05. The van der Waals surface area contributed by atoms with Crippen molar-refractivity contribution in [1.82, 2.24) is 0 Å². The van der Waals surface area contributed by atoms with Gasteiger partial charge in [0.25, 0.3) is 0 Å². The van der Waals surface area contributed by atoms with Crippen LogP contribution in [0.5, 0.6) is 11.5 Å². The molecule has 6 heteroatoms. The number of nitrogens with one attached hydrogen (secondary N) is 2. The number of hydrogen-bond donors (Lipinski definition) is 2. The minimum absolute atomic E-state index is 0.0715. The summed E-state index contributed by atoms with van der Waals surface area (Å²) in [5, 5.41) is 6.17. The summed E-state index contributed by atoms with van der Waals surface area (Å²) in [5.41, 5.74) is 1.98. The first-order chi connectivity index (χ1) is 11.6. The van der Waals surface area contributed by atoms with Gasteiger partial charge >= 0.3 is 0 Å². The van der Waals surface area contributed by atoms with E-state index < -0.39 is 0 Å². The number of halogens is 1. The molecule has 0 spiro atoms. The largest absolute Gasteiger partial charge is 0.495 e. The van der Waals surface area contributed by atoms with Crippen LogP contribution in [0.15, 0.2) is 36.4 Å². The number of carbonyl (C=O) groups excluding carboxylic acids is 1. The smallest absolute Gasteiger partial charge is 0.243 e. The summed E-state index contributed by atoms with van der Waals surface area (Å²) >= 11 is 6.04. The van der Waals surface area contributed by atoms with Crippen LogP contribution in [0.1, 0.15) is 5.56 Å². The molecule has 0 radical (unpaired) electrons. The van der Waals surface area contributed by atoms with Gasteiger partial charge in [0.1, 0.15) is 11.5 Å². The molecule has 2 N–H and O–H groups in total. The molecule has 124 valence electrons. The van der Waals surface area contributed by atoms with Crippen molar-refractivity contribution in [3.63, 3.8) is 0 Å². The lowest BCUT2D eigenvalue weighted by molar-refractivity contribution is -0.114. The van der Waals surface area contributed by atoms with Gasteiger partial charge in [-0.15, -0.1) is 6.42 Å². The predicted octanol–water partition coefficient (Wildman–Crippen LogP) is 3.39. The van der Waals surface area contributed by atoms with Gasteiger partial charge in [0.15, 0.2) is 0 Å². The summed E-state index contributed by atoms with van der Waals surface area (Å²) < 4.78 is 10.4. The van der Waals surface area contributed by atoms with Gasteiger partial charge in [-0.2, -0.15) is 0 Å². The molecule has 24 heavy (non-hydrogen) atoms. The number of rotatable bonds is 6. The summed E-state index contributed by atoms with van der Waals surface area (Å²) in [5.74, 6) is 3.19. The third-order valence-corrected chi connectivity index (χ3v) is 3.53. The van der Waals surface area contributed by atoms with E-state index in [1.54, 1.807) is 18.2 Å². The number of hydrogen-bond acceptors (Lipinski definition) is 4. The highest BCUT2D eigenvalue weighted by atomic mass is 35.5. The standard InChI is InChI=1S/C18H17ClN2O3/c1-4-12-6-5-7-13(8-12)20-11-18(22)21-15-10-16(23-2)14(19)9-17(15)24-3/h1,5-10,20H,11H2,2-3H3,(H,21,22). The molecule has 0 aliphatic carbocycles. The van der Waals surface area contributed by atoms with Crippen LogP contribution in [-0.4, -0.2) is 26.7 Å². The Balaban J connectivity index is 2.05. The monoisotopic (exact) mass is 344 g/mol. The van der Waals surface area contributed by atoms with E-state index in [1.165, 1.54) is 14.2 Å². The summed E-state index contributed by atoms with van der Waals surface area (Å²) in [6, 6.07) is 10.5. The Morgan fingerprint density at radius 2 is 1.96 bits per heavy atom. The molecular formula is C18H17ClN2O3. The number of amides is 1. The zero-order chi connectivity index (χ0) is 17.5. The molecule has 2 rings (SSSR count). The summed E-state index contributed by atoms with van der Waals surface area (Å²) in [6.45, 7) is 0.0715. The highest BCUT2D eigenvalue weighted by Gasteiger charge is 2.12. The van der Waals surface area contributed by atoms with Crippen LogP contribution in [0, 0.1) is 12.3 Å². The molecule has 0 aliphatic heterocycles. The first-order valence-electron chi connectivity index (χ1n) is 7.09. The number of anilines is 2. The van der Waals surface area contributed by atoms with Crippen molar-refractivity contribution < 1.29 is 14.3 Å². The lowest BCUT2D eigenvalue weighted by Crippen LogP contribution is -2.22. The number of ether oxygens (including phenoxy) is 2. The molecule has 5 nitrogen and oxygen atoms in total. The second-order valence-corrected chi connectivity index (χ2v) is 5.22. The molecule has 0 bridgehead atoms. The van der Waals surface area contributed by atoms with E-state index in [4.69, 9.17) is 27.5 Å². The van der Waals surface area contributed by atoms with E-state index in [1.807, 2.05) is 18.2 Å². The maximum Gasteiger partial charge on any atom is 0.243 e. The lowest BCUT2D eigenvalue weighted by atomic mass is 10.2. The van der Waals surface area contributed by atoms with E-state index in [0.29, 0.717) is 22.2 Å². The average Bonchev–Trinajstić information content (AvgIpc) is 2.61. The third-order valence-electron chi connectivity index (χ3n) is 3.23. The van der Waals surface area contributed by atoms with Crippen molar-refractivity contribution in [2.24, 2.45) is 0 Å². The molecule has 0 fully saturated rings. The molecule has 0 heterocycles. The van der Waals surface area contributed by atoms with Crippen molar-refractivity contribution in [1.29, 1.82) is 0 Å². The van der Waals surface area contributed by atoms with Crippen molar-refractivity contribution in [3.8, 4) is 23.8 Å². The Bertz CT molecular complexity index is 784. The molecule has 2 aromatic rings. The molecule has 0 aromatic heterocycles. The minimum Gasteiger partial charge on any atom is -0.495 e. The maximum atomic E-state index is 12.1. The first kappa shape index (κ1) is 17.5. The minimum atomic E-state index is -0.246. The van der Waals surface area contributed by atoms with Crippen LogP contribution in [0.3, 0.4) is 0 Å². The number of methoxy groups -OCH3 is 2. The molecule has 0 unspecified atom stereocenters. The van der Waals surface area contributed by atoms with Crippen LogP contribution < -0.4 is 20.1 Å². The van der Waals surface area contributed by atoms with Gasteiger partial charge in [-0.25, -0.2) is 0 Å². The Kier molecular flexibility index (Phi) is 5.94. The van der Waals surface area contributed by atoms with Crippen molar-refractivity contribution in [3.05, 3.63) is 47.0 Å². The zero-order valence-corrected chi connectivity index (χ0v) is 14.1. The Hall–Kier alpha value is -2.84. The topological polar surface area (TPSA) is 59.6 Å². The van der Waals surface area contributed by atoms with Gasteiger partial charge in [-0.1, -0.05) is 23.6 Å². The van der Waals surface area contributed by atoms with E-state index in [9.17, 15) is 4.79 Å². The van der Waals surface area contributed by atoms with E-state index in [-0.39, 0.29) is 12.5 Å². The number of terminal acetylenes is 1. The fourth-order valence-corrected chi connectivity index (χ4v) is 2.28. The second-order valence-electron chi connectivity index (χ2n) is 4.81. The first-order valence-corrected chi connectivity index (χ1v) is 7.47. The highest BCUT2D eigenvalue weighted by Crippen LogP contribution is 2.35. The second kappa shape index (κ2) is 8.14. The molecule has 0 saturated carbocycles. The molecule has 0 aliphatic rings. The Morgan fingerprint density at radius 3 is 2.62 bits per heavy atom. The van der Waals surface area contributed by atoms with Gasteiger partial charge in [-0.05, 0) is 18.2 Å². The van der Waals surface area contributed by atoms with Gasteiger partial charge < -0.3 is 20.1 Å². The van der Waals surface area contributed by atoms with Crippen LogP contribution >= 0.6 is 11.6 Å². The quantitative estimate of drug-likeness (QED) is 0.789. The van der Waals surface area contributed by atoms with Crippen LogP contribution in [0.4, 0.5) is 11.4 Å².